The third kappa shape index (κ3) is 3.61. The molecule has 5 heteroatoms. The number of para-hydroxylation sites is 1. The number of nitrogens with zero attached hydrogens (tertiary/aromatic N) is 2. The van der Waals surface area contributed by atoms with Crippen molar-refractivity contribution in [3.05, 3.63) is 29.3 Å². The predicted octanol–water partition coefficient (Wildman–Crippen LogP) is 2.57. The van der Waals surface area contributed by atoms with Gasteiger partial charge in [-0.3, -0.25) is 4.90 Å². The molecule has 1 aliphatic heterocycles. The van der Waals surface area contributed by atoms with E-state index < -0.39 is 0 Å². The molecule has 2 aromatic rings. The van der Waals surface area contributed by atoms with Gasteiger partial charge in [-0.15, -0.1) is 11.3 Å². The van der Waals surface area contributed by atoms with Crippen LogP contribution in [0.5, 0.6) is 0 Å². The number of aromatic nitrogens is 1. The Bertz CT molecular complexity index is 551. The molecule has 0 bridgehead atoms. The number of hydrogen-bond acceptors (Lipinski definition) is 5. The quantitative estimate of drug-likeness (QED) is 0.850. The monoisotopic (exact) mass is 306 g/mol. The van der Waals surface area contributed by atoms with Crippen LogP contribution in [-0.2, 0) is 15.9 Å². The zero-order valence-corrected chi connectivity index (χ0v) is 13.4. The Labute approximate surface area is 129 Å². The lowest BCUT2D eigenvalue weighted by Gasteiger charge is -2.36. The van der Waals surface area contributed by atoms with E-state index in [0.29, 0.717) is 12.6 Å². The van der Waals surface area contributed by atoms with Crippen LogP contribution in [-0.4, -0.2) is 55.4 Å². The molecular weight excluding hydrogens is 284 g/mol. The Kier molecular flexibility index (Phi) is 4.85. The van der Waals surface area contributed by atoms with Crippen molar-refractivity contribution in [2.24, 2.45) is 0 Å². The van der Waals surface area contributed by atoms with Gasteiger partial charge in [0.2, 0.25) is 0 Å². The first-order valence-corrected chi connectivity index (χ1v) is 8.27. The Balaban J connectivity index is 1.63. The second-order valence-corrected chi connectivity index (χ2v) is 6.69. The third-order valence-electron chi connectivity index (χ3n) is 3.95. The van der Waals surface area contributed by atoms with Crippen molar-refractivity contribution in [3.8, 4) is 0 Å². The third-order valence-corrected chi connectivity index (χ3v) is 5.01. The summed E-state index contributed by atoms with van der Waals surface area (Å²) in [5.41, 5.74) is 1.11. The molecule has 0 amide bonds. The van der Waals surface area contributed by atoms with Gasteiger partial charge in [0.1, 0.15) is 0 Å². The average Bonchev–Trinajstić information content (AvgIpc) is 2.90. The summed E-state index contributed by atoms with van der Waals surface area (Å²) in [6.45, 7) is 5.68. The molecule has 1 fully saturated rings. The highest BCUT2D eigenvalue weighted by Crippen LogP contribution is 2.23. The van der Waals surface area contributed by atoms with Crippen LogP contribution in [0.2, 0.25) is 0 Å². The molecule has 4 nitrogen and oxygen atoms in total. The van der Waals surface area contributed by atoms with E-state index in [1.165, 1.54) is 9.71 Å². The second kappa shape index (κ2) is 6.83. The van der Waals surface area contributed by atoms with Crippen molar-refractivity contribution in [1.29, 1.82) is 0 Å². The first-order valence-electron chi connectivity index (χ1n) is 7.45. The number of rotatable bonds is 5. The fraction of sp³-hybridized carbons (Fsp3) is 0.562. The zero-order chi connectivity index (χ0) is 14.7. The maximum atomic E-state index is 5.72. The van der Waals surface area contributed by atoms with Crippen molar-refractivity contribution in [2.45, 2.75) is 25.5 Å². The van der Waals surface area contributed by atoms with E-state index in [9.17, 15) is 0 Å². The van der Waals surface area contributed by atoms with Gasteiger partial charge < -0.3 is 9.47 Å². The normalized spacial score (nSPS) is 21.7. The van der Waals surface area contributed by atoms with Crippen LogP contribution in [0.4, 0.5) is 0 Å². The molecule has 3 rings (SSSR count). The minimum absolute atomic E-state index is 0.196. The van der Waals surface area contributed by atoms with Crippen molar-refractivity contribution in [2.75, 3.05) is 33.4 Å². The summed E-state index contributed by atoms with van der Waals surface area (Å²) < 4.78 is 12.2. The second-order valence-electron chi connectivity index (χ2n) is 5.57. The smallest absolute Gasteiger partial charge is 0.0954 e. The van der Waals surface area contributed by atoms with Crippen molar-refractivity contribution < 1.29 is 9.47 Å². The lowest BCUT2D eigenvalue weighted by atomic mass is 10.1. The average molecular weight is 306 g/mol. The van der Waals surface area contributed by atoms with E-state index >= 15 is 0 Å². The number of benzene rings is 1. The summed E-state index contributed by atoms with van der Waals surface area (Å²) in [6.07, 6.45) is 1.19. The van der Waals surface area contributed by atoms with Gasteiger partial charge in [0.25, 0.3) is 0 Å². The molecule has 1 aliphatic rings. The molecule has 0 aliphatic carbocycles. The van der Waals surface area contributed by atoms with Crippen LogP contribution in [0.15, 0.2) is 24.3 Å². The number of fused-ring (bicyclic) bond motifs is 1. The van der Waals surface area contributed by atoms with Crippen molar-refractivity contribution in [3.63, 3.8) is 0 Å². The Morgan fingerprint density at radius 2 is 2.33 bits per heavy atom. The van der Waals surface area contributed by atoms with Crippen LogP contribution in [0.25, 0.3) is 10.2 Å². The molecule has 1 aromatic carbocycles. The van der Waals surface area contributed by atoms with Crippen LogP contribution >= 0.6 is 11.3 Å². The Morgan fingerprint density at radius 3 is 3.14 bits per heavy atom. The summed E-state index contributed by atoms with van der Waals surface area (Å²) in [4.78, 5) is 7.22. The van der Waals surface area contributed by atoms with E-state index in [-0.39, 0.29) is 6.10 Å². The standard InChI is InChI=1S/C16H22N2O2S/c1-12(18-7-8-20-13(10-18)11-19-2)9-16-17-14-5-3-4-6-15(14)21-16/h3-6,12-13H,7-11H2,1-2H3/t12-,13-/m0/s1. The van der Waals surface area contributed by atoms with Crippen LogP contribution in [0.1, 0.15) is 11.9 Å². The molecule has 1 saturated heterocycles. The fourth-order valence-electron chi connectivity index (χ4n) is 2.82. The molecule has 114 valence electrons. The Hall–Kier alpha value is -1.01. The van der Waals surface area contributed by atoms with Gasteiger partial charge >= 0.3 is 0 Å². The lowest BCUT2D eigenvalue weighted by molar-refractivity contribution is -0.0700. The number of thiazole rings is 1. The van der Waals surface area contributed by atoms with E-state index in [1.807, 2.05) is 6.07 Å². The predicted molar refractivity (Wildman–Crippen MR) is 86.0 cm³/mol. The topological polar surface area (TPSA) is 34.6 Å². The highest BCUT2D eigenvalue weighted by molar-refractivity contribution is 7.18. The van der Waals surface area contributed by atoms with E-state index in [1.54, 1.807) is 18.4 Å². The fourth-order valence-corrected chi connectivity index (χ4v) is 3.91. The summed E-state index contributed by atoms with van der Waals surface area (Å²) in [5.74, 6) is 0. The molecule has 2 heterocycles. The highest BCUT2D eigenvalue weighted by Gasteiger charge is 2.24. The van der Waals surface area contributed by atoms with Gasteiger partial charge in [-0.2, -0.15) is 0 Å². The molecule has 0 radical (unpaired) electrons. The zero-order valence-electron chi connectivity index (χ0n) is 12.6. The van der Waals surface area contributed by atoms with Crippen LogP contribution in [0.3, 0.4) is 0 Å². The van der Waals surface area contributed by atoms with Crippen molar-refractivity contribution >= 4 is 21.6 Å². The maximum absolute atomic E-state index is 5.72. The van der Waals surface area contributed by atoms with E-state index in [2.05, 4.69) is 30.0 Å². The number of ether oxygens (including phenoxy) is 2. The Morgan fingerprint density at radius 1 is 1.48 bits per heavy atom. The number of methoxy groups -OCH3 is 1. The van der Waals surface area contributed by atoms with Gasteiger partial charge in [0.15, 0.2) is 0 Å². The maximum Gasteiger partial charge on any atom is 0.0954 e. The molecular formula is C16H22N2O2S. The van der Waals surface area contributed by atoms with E-state index in [4.69, 9.17) is 14.5 Å². The molecule has 0 unspecified atom stereocenters. The minimum Gasteiger partial charge on any atom is -0.382 e. The van der Waals surface area contributed by atoms with Crippen LogP contribution in [0, 0.1) is 0 Å². The molecule has 0 spiro atoms. The minimum atomic E-state index is 0.196. The summed E-state index contributed by atoms with van der Waals surface area (Å²) in [6, 6.07) is 8.83. The summed E-state index contributed by atoms with van der Waals surface area (Å²) >= 11 is 1.81. The molecule has 2 atom stereocenters. The van der Waals surface area contributed by atoms with Gasteiger partial charge in [0.05, 0.1) is 34.5 Å². The van der Waals surface area contributed by atoms with E-state index in [0.717, 1.165) is 31.6 Å². The largest absolute Gasteiger partial charge is 0.382 e. The number of morpholine rings is 1. The first kappa shape index (κ1) is 14.9. The first-order chi connectivity index (χ1) is 10.3. The van der Waals surface area contributed by atoms with Gasteiger partial charge in [-0.05, 0) is 19.1 Å². The van der Waals surface area contributed by atoms with Gasteiger partial charge in [-0.1, -0.05) is 12.1 Å². The van der Waals surface area contributed by atoms with Crippen LogP contribution < -0.4 is 0 Å². The van der Waals surface area contributed by atoms with Gasteiger partial charge in [0, 0.05) is 32.7 Å². The summed E-state index contributed by atoms with van der Waals surface area (Å²) in [7, 11) is 1.73. The molecule has 21 heavy (non-hydrogen) atoms. The summed E-state index contributed by atoms with van der Waals surface area (Å²) in [5, 5.41) is 1.22. The van der Waals surface area contributed by atoms with Crippen molar-refractivity contribution in [1.82, 2.24) is 9.88 Å². The number of hydrogen-bond donors (Lipinski definition) is 0. The SMILES string of the molecule is COC[C@@H]1CN([C@@H](C)Cc2nc3ccccc3s2)CCO1. The van der Waals surface area contributed by atoms with Gasteiger partial charge in [-0.25, -0.2) is 4.98 Å². The lowest BCUT2D eigenvalue weighted by Crippen LogP contribution is -2.48. The molecule has 0 N–H and O–H groups in total. The molecule has 0 saturated carbocycles. The molecule has 1 aromatic heterocycles. The highest BCUT2D eigenvalue weighted by atomic mass is 32.1.